The van der Waals surface area contributed by atoms with Crippen molar-refractivity contribution in [1.29, 1.82) is 0 Å². The number of hydrogen-bond acceptors (Lipinski definition) is 16. The average Bonchev–Trinajstić information content (AvgIpc) is 4.02. The Labute approximate surface area is 410 Å². The Bertz CT molecular complexity index is 2610. The number of rotatable bonds is 26. The van der Waals surface area contributed by atoms with Crippen LogP contribution < -0.4 is 29.8 Å². The van der Waals surface area contributed by atoms with Gasteiger partial charge in [-0.05, 0) is 48.5 Å². The van der Waals surface area contributed by atoms with Crippen molar-refractivity contribution < 1.29 is 66.6 Å². The van der Waals surface area contributed by atoms with E-state index < -0.39 is 11.8 Å². The van der Waals surface area contributed by atoms with E-state index in [0.29, 0.717) is 81.0 Å². The molecule has 2 aromatic heterocycles. The highest BCUT2D eigenvalue weighted by Gasteiger charge is 2.18. The molecule has 0 unspecified atom stereocenters. The number of ether oxygens (including phenoxy) is 6. The summed E-state index contributed by atoms with van der Waals surface area (Å²) in [5, 5.41) is 31.4. The molecule has 4 N–H and O–H groups in total. The molecule has 20 heteroatoms. The highest BCUT2D eigenvalue weighted by molar-refractivity contribution is 7.18. The Morgan fingerprint density at radius 3 is 1.33 bits per heavy atom. The van der Waals surface area contributed by atoms with Gasteiger partial charge < -0.3 is 38.6 Å². The second-order valence-corrected chi connectivity index (χ2v) is 16.7. The molecule has 4 aromatic carbocycles. The summed E-state index contributed by atoms with van der Waals surface area (Å²) in [5.41, 5.74) is 8.35. The van der Waals surface area contributed by atoms with Gasteiger partial charge in [-0.25, -0.2) is 19.6 Å². The molecule has 0 atom stereocenters. The van der Waals surface area contributed by atoms with Crippen molar-refractivity contribution in [3.05, 3.63) is 117 Å². The molecule has 0 aliphatic carbocycles. The smallest absolute Gasteiger partial charge is 0.240 e. The number of amides is 2. The van der Waals surface area contributed by atoms with Gasteiger partial charge in [0.15, 0.2) is 34.6 Å². The molecule has 6 aromatic rings. The van der Waals surface area contributed by atoms with Gasteiger partial charge in [-0.1, -0.05) is 24.3 Å². The fraction of sp³-hybridized carbons (Fsp3) is 0.320. The van der Waals surface area contributed by atoms with Crippen molar-refractivity contribution in [1.82, 2.24) is 10.9 Å². The number of nitrogens with zero attached hydrogens (tertiary/aromatic N) is 2. The largest absolute Gasteiger partial charge is 0.493 e. The van der Waals surface area contributed by atoms with Gasteiger partial charge in [0.1, 0.15) is 24.8 Å². The number of nitrogens with one attached hydrogen (secondary N) is 2. The number of methoxy groups -OCH3 is 4. The minimum Gasteiger partial charge on any atom is -0.493 e. The van der Waals surface area contributed by atoms with Gasteiger partial charge in [-0.2, -0.15) is 10.2 Å². The molecular formula is C50H54F2N4O12S2. The van der Waals surface area contributed by atoms with E-state index in [1.807, 2.05) is 0 Å². The van der Waals surface area contributed by atoms with Crippen LogP contribution in [-0.2, 0) is 19.1 Å². The molecule has 70 heavy (non-hydrogen) atoms. The molecule has 0 saturated heterocycles. The second kappa shape index (κ2) is 28.1. The highest BCUT2D eigenvalue weighted by Crippen LogP contribution is 2.32. The quantitative estimate of drug-likeness (QED) is 0.0232. The first kappa shape index (κ1) is 54.3. The van der Waals surface area contributed by atoms with Gasteiger partial charge in [-0.15, -0.1) is 22.7 Å². The number of Topliss-reactive ketones (excluding diaryl/α,β-unsaturated/α-hetero) is 2. The second-order valence-electron chi connectivity index (χ2n) is 14.9. The van der Waals surface area contributed by atoms with E-state index in [4.69, 9.17) is 38.6 Å². The highest BCUT2D eigenvalue weighted by atomic mass is 32.1. The van der Waals surface area contributed by atoms with Crippen molar-refractivity contribution in [2.75, 3.05) is 68.1 Å². The van der Waals surface area contributed by atoms with E-state index in [0.717, 1.165) is 21.9 Å². The minimum absolute atomic E-state index is 0.0264. The number of carbonyl (C=O) groups excluding carboxylic acids is 4. The van der Waals surface area contributed by atoms with Gasteiger partial charge in [-0.3, -0.25) is 19.2 Å². The SMILES string of the molecule is COCC/C(=N/NC(=O)CCC(=O)c1ccc(OCCO)c(OC)c1)c1csc2c(F)cccc12.COCC/C(=N\NC(=O)CCC(=O)c1ccc(OCCO)c(OC)c1)c1csc2c(F)cccc12. The van der Waals surface area contributed by atoms with Crippen LogP contribution in [0.5, 0.6) is 23.0 Å². The van der Waals surface area contributed by atoms with Crippen molar-refractivity contribution in [2.45, 2.75) is 38.5 Å². The molecule has 6 rings (SSSR count). The molecule has 0 radical (unpaired) electrons. The first-order valence-corrected chi connectivity index (χ1v) is 23.6. The van der Waals surface area contributed by atoms with Crippen LogP contribution >= 0.6 is 22.7 Å². The Balaban J connectivity index is 0.000000261. The normalized spacial score (nSPS) is 11.5. The summed E-state index contributed by atoms with van der Waals surface area (Å²) in [6, 6.07) is 19.1. The number of carbonyl (C=O) groups is 4. The van der Waals surface area contributed by atoms with Crippen LogP contribution in [0, 0.1) is 11.6 Å². The minimum atomic E-state index is -0.422. The zero-order chi connectivity index (χ0) is 50.4. The molecule has 0 saturated carbocycles. The topological polar surface area (TPSA) is 213 Å². The summed E-state index contributed by atoms with van der Waals surface area (Å²) >= 11 is 2.54. The molecule has 0 aliphatic rings. The number of fused-ring (bicyclic) bond motifs is 2. The van der Waals surface area contributed by atoms with Crippen molar-refractivity contribution in [3.63, 3.8) is 0 Å². The van der Waals surface area contributed by atoms with E-state index >= 15 is 0 Å². The third kappa shape index (κ3) is 15.2. The summed E-state index contributed by atoms with van der Waals surface area (Å²) in [4.78, 5) is 50.0. The third-order valence-electron chi connectivity index (χ3n) is 10.3. The Hall–Kier alpha value is -6.68. The summed E-state index contributed by atoms with van der Waals surface area (Å²) < 4.78 is 60.7. The van der Waals surface area contributed by atoms with Gasteiger partial charge in [0.2, 0.25) is 11.8 Å². The Kier molecular flexibility index (Phi) is 21.8. The van der Waals surface area contributed by atoms with Gasteiger partial charge in [0, 0.05) is 96.5 Å². The van der Waals surface area contributed by atoms with Crippen LogP contribution in [0.15, 0.2) is 93.8 Å². The molecule has 0 fully saturated rings. The lowest BCUT2D eigenvalue weighted by Crippen LogP contribution is -2.21. The van der Waals surface area contributed by atoms with E-state index in [-0.39, 0.29) is 75.3 Å². The molecule has 0 spiro atoms. The summed E-state index contributed by atoms with van der Waals surface area (Å²) in [7, 11) is 6.03. The molecule has 2 heterocycles. The summed E-state index contributed by atoms with van der Waals surface area (Å²) in [5.74, 6) is -0.396. The van der Waals surface area contributed by atoms with Crippen molar-refractivity contribution in [2.24, 2.45) is 10.2 Å². The van der Waals surface area contributed by atoms with Gasteiger partial charge >= 0.3 is 0 Å². The first-order chi connectivity index (χ1) is 34.0. The van der Waals surface area contributed by atoms with Crippen LogP contribution in [0.3, 0.4) is 0 Å². The number of aliphatic hydroxyl groups excluding tert-OH is 2. The lowest BCUT2D eigenvalue weighted by molar-refractivity contribution is -0.121. The summed E-state index contributed by atoms with van der Waals surface area (Å²) in [6.07, 6.45) is 0.655. The first-order valence-electron chi connectivity index (χ1n) is 21.9. The fourth-order valence-electron chi connectivity index (χ4n) is 6.74. The maximum absolute atomic E-state index is 14.1. The monoisotopic (exact) mass is 1000 g/mol. The number of benzene rings is 4. The van der Waals surface area contributed by atoms with Crippen LogP contribution in [-0.4, -0.2) is 113 Å². The van der Waals surface area contributed by atoms with E-state index in [2.05, 4.69) is 21.1 Å². The third-order valence-corrected chi connectivity index (χ3v) is 12.3. The van der Waals surface area contributed by atoms with Crippen LogP contribution in [0.25, 0.3) is 20.2 Å². The predicted octanol–water partition coefficient (Wildman–Crippen LogP) is 7.88. The lowest BCUT2D eigenvalue weighted by atomic mass is 10.1. The lowest BCUT2D eigenvalue weighted by Gasteiger charge is -2.11. The Morgan fingerprint density at radius 2 is 0.957 bits per heavy atom. The Morgan fingerprint density at radius 1 is 0.543 bits per heavy atom. The zero-order valence-electron chi connectivity index (χ0n) is 39.0. The number of hydrogen-bond donors (Lipinski definition) is 4. The van der Waals surface area contributed by atoms with E-state index in [1.165, 1.54) is 61.2 Å². The maximum atomic E-state index is 14.1. The number of hydrazone groups is 2. The number of thiophene rings is 2. The number of ketones is 2. The van der Waals surface area contributed by atoms with Crippen LogP contribution in [0.2, 0.25) is 0 Å². The average molecular weight is 1010 g/mol. The van der Waals surface area contributed by atoms with Gasteiger partial charge in [0.05, 0.1) is 61.5 Å². The molecule has 16 nitrogen and oxygen atoms in total. The molecule has 372 valence electrons. The van der Waals surface area contributed by atoms with Crippen molar-refractivity contribution in [3.8, 4) is 23.0 Å². The molecule has 0 aliphatic heterocycles. The van der Waals surface area contributed by atoms with Crippen LogP contribution in [0.1, 0.15) is 70.4 Å². The predicted molar refractivity (Wildman–Crippen MR) is 264 cm³/mol. The fourth-order valence-corrected chi connectivity index (χ4v) is 8.70. The number of halogens is 2. The van der Waals surface area contributed by atoms with Gasteiger partial charge in [0.25, 0.3) is 0 Å². The standard InChI is InChI=1S/2C25H27FN2O6S/c2*1-32-12-10-20(18-15-35-25-17(18)4-3-5-19(25)26)27-28-24(31)9-7-21(30)16-6-8-22(34-13-11-29)23(14-16)33-2/h2*3-6,8,14-15,29H,7,9-13H2,1-2H3,(H,28,31)/b27-20+;27-20-. The summed E-state index contributed by atoms with van der Waals surface area (Å²) in [6.45, 7) is 0.668. The van der Waals surface area contributed by atoms with E-state index in [9.17, 15) is 28.0 Å². The zero-order valence-corrected chi connectivity index (χ0v) is 40.6. The van der Waals surface area contributed by atoms with Crippen molar-refractivity contribution >= 4 is 77.7 Å². The molecular weight excluding hydrogens is 951 g/mol. The maximum Gasteiger partial charge on any atom is 0.240 e. The van der Waals surface area contributed by atoms with E-state index in [1.54, 1.807) is 73.5 Å². The van der Waals surface area contributed by atoms with Crippen LogP contribution in [0.4, 0.5) is 8.78 Å². The molecule has 2 amide bonds. The number of aliphatic hydroxyl groups is 2. The molecule has 0 bridgehead atoms.